The molecule has 0 fully saturated rings. The molecule has 0 saturated heterocycles. The van der Waals surface area contributed by atoms with Gasteiger partial charge >= 0.3 is 5.97 Å². The summed E-state index contributed by atoms with van der Waals surface area (Å²) in [5.41, 5.74) is 3.02. The first-order chi connectivity index (χ1) is 16.9. The van der Waals surface area contributed by atoms with Gasteiger partial charge in [0, 0.05) is 14.6 Å². The predicted octanol–water partition coefficient (Wildman–Crippen LogP) is 6.07. The summed E-state index contributed by atoms with van der Waals surface area (Å²) in [4.78, 5) is 25.0. The summed E-state index contributed by atoms with van der Waals surface area (Å²) in [6.07, 6.45) is 1.44. The minimum Gasteiger partial charge on any atom is -0.493 e. The molecule has 35 heavy (non-hydrogen) atoms. The van der Waals surface area contributed by atoms with E-state index < -0.39 is 11.9 Å². The molecular formula is C25H18BrClN2O5S. The fourth-order valence-electron chi connectivity index (χ4n) is 3.06. The van der Waals surface area contributed by atoms with Crippen LogP contribution in [0.3, 0.4) is 0 Å². The minimum absolute atomic E-state index is 0.188. The number of rotatable bonds is 8. The van der Waals surface area contributed by atoms with Gasteiger partial charge in [0.2, 0.25) is 0 Å². The third kappa shape index (κ3) is 6.19. The Bertz CT molecular complexity index is 1420. The molecule has 4 aromatic rings. The summed E-state index contributed by atoms with van der Waals surface area (Å²) < 4.78 is 18.1. The number of nitrogens with one attached hydrogen (secondary N) is 1. The Morgan fingerprint density at radius 1 is 1.09 bits per heavy atom. The van der Waals surface area contributed by atoms with Gasteiger partial charge in [-0.2, -0.15) is 5.10 Å². The van der Waals surface area contributed by atoms with E-state index in [1.807, 2.05) is 30.3 Å². The summed E-state index contributed by atoms with van der Waals surface area (Å²) in [7, 11) is 1.46. The highest BCUT2D eigenvalue weighted by Crippen LogP contribution is 2.37. The second kappa shape index (κ2) is 11.4. The van der Waals surface area contributed by atoms with Crippen LogP contribution in [0.25, 0.3) is 10.1 Å². The number of esters is 1. The van der Waals surface area contributed by atoms with E-state index in [1.165, 1.54) is 24.7 Å². The average molecular weight is 574 g/mol. The number of ether oxygens (including phenoxy) is 3. The number of hydrogen-bond acceptors (Lipinski definition) is 7. The number of methoxy groups -OCH3 is 1. The number of amides is 1. The Labute approximate surface area is 218 Å². The van der Waals surface area contributed by atoms with Gasteiger partial charge in [0.1, 0.15) is 10.6 Å². The number of hydrogen-bond donors (Lipinski definition) is 1. The third-order valence-electron chi connectivity index (χ3n) is 4.68. The Balaban J connectivity index is 1.37. The topological polar surface area (TPSA) is 86.2 Å². The number of carbonyl (C=O) groups is 2. The number of hydrazone groups is 1. The Morgan fingerprint density at radius 3 is 2.69 bits per heavy atom. The normalized spacial score (nSPS) is 10.9. The quantitative estimate of drug-likeness (QED) is 0.120. The molecule has 0 unspecified atom stereocenters. The Hall–Kier alpha value is -3.40. The second-order valence-electron chi connectivity index (χ2n) is 7.08. The number of carbonyl (C=O) groups excluding carboxylic acids is 2. The van der Waals surface area contributed by atoms with Gasteiger partial charge in [-0.25, -0.2) is 10.2 Å². The molecule has 1 aromatic heterocycles. The summed E-state index contributed by atoms with van der Waals surface area (Å²) in [5.74, 6) is 0.122. The molecule has 0 aliphatic heterocycles. The lowest BCUT2D eigenvalue weighted by Gasteiger charge is -2.09. The van der Waals surface area contributed by atoms with Crippen molar-refractivity contribution >= 4 is 67.0 Å². The highest BCUT2D eigenvalue weighted by molar-refractivity contribution is 9.10. The van der Waals surface area contributed by atoms with Crippen molar-refractivity contribution in [2.75, 3.05) is 13.7 Å². The summed E-state index contributed by atoms with van der Waals surface area (Å²) in [6, 6.07) is 19.5. The molecule has 0 radical (unpaired) electrons. The van der Waals surface area contributed by atoms with Crippen LogP contribution in [-0.4, -0.2) is 31.8 Å². The maximum absolute atomic E-state index is 12.7. The molecule has 4 rings (SSSR count). The molecule has 0 spiro atoms. The zero-order valence-corrected chi connectivity index (χ0v) is 21.4. The van der Waals surface area contributed by atoms with Gasteiger partial charge in [0.25, 0.3) is 5.91 Å². The van der Waals surface area contributed by atoms with Crippen LogP contribution < -0.4 is 19.6 Å². The van der Waals surface area contributed by atoms with Crippen LogP contribution in [0.4, 0.5) is 0 Å². The first-order valence-corrected chi connectivity index (χ1v) is 12.2. The zero-order chi connectivity index (χ0) is 24.8. The van der Waals surface area contributed by atoms with E-state index in [0.29, 0.717) is 27.0 Å². The van der Waals surface area contributed by atoms with Gasteiger partial charge in [-0.15, -0.1) is 11.3 Å². The first-order valence-electron chi connectivity index (χ1n) is 10.2. The fourth-order valence-corrected chi connectivity index (χ4v) is 4.82. The van der Waals surface area contributed by atoms with E-state index in [0.717, 1.165) is 14.6 Å². The molecule has 1 N–H and O–H groups in total. The molecule has 3 aromatic carbocycles. The number of halogens is 2. The lowest BCUT2D eigenvalue weighted by molar-refractivity contribution is -0.123. The molecule has 0 atom stereocenters. The zero-order valence-electron chi connectivity index (χ0n) is 18.3. The molecule has 178 valence electrons. The molecule has 1 heterocycles. The molecule has 0 aliphatic carbocycles. The monoisotopic (exact) mass is 572 g/mol. The van der Waals surface area contributed by atoms with Gasteiger partial charge in [0.15, 0.2) is 18.1 Å². The average Bonchev–Trinajstić information content (AvgIpc) is 3.20. The maximum Gasteiger partial charge on any atom is 0.355 e. The van der Waals surface area contributed by atoms with Crippen molar-refractivity contribution in [3.63, 3.8) is 0 Å². The van der Waals surface area contributed by atoms with Crippen LogP contribution in [0.5, 0.6) is 17.2 Å². The van der Waals surface area contributed by atoms with Gasteiger partial charge in [-0.3, -0.25) is 4.79 Å². The molecular weight excluding hydrogens is 556 g/mol. The van der Waals surface area contributed by atoms with E-state index in [-0.39, 0.29) is 12.4 Å². The third-order valence-corrected chi connectivity index (χ3v) is 6.83. The van der Waals surface area contributed by atoms with Gasteiger partial charge in [-0.1, -0.05) is 51.8 Å². The summed E-state index contributed by atoms with van der Waals surface area (Å²) in [5, 5.41) is 5.09. The van der Waals surface area contributed by atoms with Crippen LogP contribution in [0, 0.1) is 0 Å². The molecule has 1 amide bonds. The van der Waals surface area contributed by atoms with E-state index in [9.17, 15) is 9.59 Å². The SMILES string of the molecule is COc1cc(C=NNC(=O)COc2cccc(Br)c2)ccc1OC(=O)c1sc2ccccc2c1Cl. The largest absolute Gasteiger partial charge is 0.493 e. The highest BCUT2D eigenvalue weighted by Gasteiger charge is 2.20. The van der Waals surface area contributed by atoms with Crippen molar-refractivity contribution in [2.45, 2.75) is 0 Å². The number of fused-ring (bicyclic) bond motifs is 1. The van der Waals surface area contributed by atoms with Crippen LogP contribution in [0.2, 0.25) is 5.02 Å². The van der Waals surface area contributed by atoms with Gasteiger partial charge in [0.05, 0.1) is 18.3 Å². The van der Waals surface area contributed by atoms with Crippen molar-refractivity contribution in [1.82, 2.24) is 5.43 Å². The fraction of sp³-hybridized carbons (Fsp3) is 0.0800. The van der Waals surface area contributed by atoms with Crippen LogP contribution in [0.15, 0.2) is 76.3 Å². The molecule has 0 aliphatic rings. The lowest BCUT2D eigenvalue weighted by Crippen LogP contribution is -2.24. The van der Waals surface area contributed by atoms with Gasteiger partial charge < -0.3 is 14.2 Å². The Kier molecular flexibility index (Phi) is 8.02. The van der Waals surface area contributed by atoms with Crippen molar-refractivity contribution in [3.05, 3.63) is 86.7 Å². The molecule has 0 saturated carbocycles. The van der Waals surface area contributed by atoms with E-state index >= 15 is 0 Å². The predicted molar refractivity (Wildman–Crippen MR) is 140 cm³/mol. The first kappa shape index (κ1) is 24.7. The van der Waals surface area contributed by atoms with E-state index in [1.54, 1.807) is 36.4 Å². The number of thiophene rings is 1. The lowest BCUT2D eigenvalue weighted by atomic mass is 10.2. The van der Waals surface area contributed by atoms with Crippen molar-refractivity contribution in [2.24, 2.45) is 5.10 Å². The van der Waals surface area contributed by atoms with E-state index in [4.69, 9.17) is 25.8 Å². The molecule has 10 heteroatoms. The Morgan fingerprint density at radius 2 is 1.91 bits per heavy atom. The van der Waals surface area contributed by atoms with Crippen molar-refractivity contribution < 1.29 is 23.8 Å². The van der Waals surface area contributed by atoms with Crippen LogP contribution in [0.1, 0.15) is 15.2 Å². The number of nitrogens with zero attached hydrogens (tertiary/aromatic N) is 1. The maximum atomic E-state index is 12.7. The summed E-state index contributed by atoms with van der Waals surface area (Å²) in [6.45, 7) is -0.188. The van der Waals surface area contributed by atoms with Crippen LogP contribution in [-0.2, 0) is 4.79 Å². The summed E-state index contributed by atoms with van der Waals surface area (Å²) >= 11 is 11.0. The van der Waals surface area contributed by atoms with Gasteiger partial charge in [-0.05, 0) is 48.0 Å². The van der Waals surface area contributed by atoms with Crippen LogP contribution >= 0.6 is 38.9 Å². The van der Waals surface area contributed by atoms with Crippen molar-refractivity contribution in [1.29, 1.82) is 0 Å². The second-order valence-corrected chi connectivity index (χ2v) is 9.43. The highest BCUT2D eigenvalue weighted by atomic mass is 79.9. The number of benzene rings is 3. The van der Waals surface area contributed by atoms with E-state index in [2.05, 4.69) is 26.5 Å². The molecule has 7 nitrogen and oxygen atoms in total. The smallest absolute Gasteiger partial charge is 0.355 e. The molecule has 0 bridgehead atoms. The minimum atomic E-state index is -0.575. The van der Waals surface area contributed by atoms with Crippen molar-refractivity contribution in [3.8, 4) is 17.2 Å². The standard InChI is InChI=1S/C25H18BrClN2O5S/c1-32-20-11-15(13-28-29-22(30)14-33-17-6-4-5-16(26)12-17)9-10-19(20)34-25(31)24-23(27)18-7-2-3-8-21(18)35-24/h2-13H,14H2,1H3,(H,29,30).